The van der Waals surface area contributed by atoms with Crippen molar-refractivity contribution in [1.82, 2.24) is 0 Å². The molecular weight excluding hydrogens is 226 g/mol. The summed E-state index contributed by atoms with van der Waals surface area (Å²) in [6, 6.07) is 5.73. The van der Waals surface area contributed by atoms with E-state index in [2.05, 4.69) is 0 Å². The normalized spacial score (nSPS) is 12.3. The second kappa shape index (κ2) is 5.08. The molecule has 0 aliphatic heterocycles. The number of halogens is 2. The number of hydrogen-bond donors (Lipinski definition) is 1. The third kappa shape index (κ3) is 3.37. The van der Waals surface area contributed by atoms with Crippen LogP contribution in [-0.4, -0.2) is 11.1 Å². The van der Waals surface area contributed by atoms with Gasteiger partial charge >= 0.3 is 5.97 Å². The van der Waals surface area contributed by atoms with Crippen molar-refractivity contribution in [3.63, 3.8) is 0 Å². The molecule has 0 aromatic heterocycles. The highest BCUT2D eigenvalue weighted by Crippen LogP contribution is 2.35. The molecule has 2 nitrogen and oxygen atoms in total. The minimum Gasteiger partial charge on any atom is -0.478 e. The van der Waals surface area contributed by atoms with Crippen molar-refractivity contribution < 1.29 is 18.7 Å². The van der Waals surface area contributed by atoms with Crippen LogP contribution in [0.1, 0.15) is 25.0 Å². The molecule has 17 heavy (non-hydrogen) atoms. The van der Waals surface area contributed by atoms with Crippen LogP contribution in [0.15, 0.2) is 30.3 Å². The van der Waals surface area contributed by atoms with E-state index in [0.717, 1.165) is 6.08 Å². The molecule has 1 aromatic rings. The number of carboxylic acid groups (broad SMARTS) is 1. The summed E-state index contributed by atoms with van der Waals surface area (Å²) in [7, 11) is 0. The van der Waals surface area contributed by atoms with E-state index in [1.165, 1.54) is 38.1 Å². The highest BCUT2D eigenvalue weighted by Gasteiger charge is 2.35. The van der Waals surface area contributed by atoms with Crippen molar-refractivity contribution in [3.8, 4) is 0 Å². The Morgan fingerprint density at radius 2 is 2.06 bits per heavy atom. The summed E-state index contributed by atoms with van der Waals surface area (Å²) in [6.45, 7) is 2.89. The van der Waals surface area contributed by atoms with E-state index in [-0.39, 0.29) is 5.56 Å². The molecule has 0 heterocycles. The van der Waals surface area contributed by atoms with Gasteiger partial charge in [-0.05, 0) is 17.7 Å². The van der Waals surface area contributed by atoms with Crippen molar-refractivity contribution in [1.29, 1.82) is 0 Å². The monoisotopic (exact) mass is 240 g/mol. The molecule has 4 heteroatoms. The maximum atomic E-state index is 13.7. The average molecular weight is 240 g/mol. The Bertz CT molecular complexity index is 437. The zero-order valence-electron chi connectivity index (χ0n) is 9.65. The molecule has 0 saturated carbocycles. The van der Waals surface area contributed by atoms with Crippen molar-refractivity contribution in [2.75, 3.05) is 0 Å². The van der Waals surface area contributed by atoms with Gasteiger partial charge in [-0.1, -0.05) is 32.0 Å². The van der Waals surface area contributed by atoms with Crippen LogP contribution in [0.5, 0.6) is 0 Å². The number of benzene rings is 1. The Kier molecular flexibility index (Phi) is 3.99. The lowest BCUT2D eigenvalue weighted by molar-refractivity contribution is -0.131. The van der Waals surface area contributed by atoms with Gasteiger partial charge in [0.25, 0.3) is 5.92 Å². The van der Waals surface area contributed by atoms with Gasteiger partial charge in [0.2, 0.25) is 0 Å². The first-order valence-corrected chi connectivity index (χ1v) is 5.23. The van der Waals surface area contributed by atoms with Gasteiger partial charge in [-0.3, -0.25) is 0 Å². The smallest absolute Gasteiger partial charge is 0.328 e. The highest BCUT2D eigenvalue weighted by molar-refractivity contribution is 5.85. The third-order valence-electron chi connectivity index (χ3n) is 2.41. The third-order valence-corrected chi connectivity index (χ3v) is 2.41. The first-order valence-electron chi connectivity index (χ1n) is 5.23. The molecule has 0 spiro atoms. The summed E-state index contributed by atoms with van der Waals surface area (Å²) >= 11 is 0. The van der Waals surface area contributed by atoms with E-state index in [0.29, 0.717) is 5.56 Å². The highest BCUT2D eigenvalue weighted by atomic mass is 19.3. The van der Waals surface area contributed by atoms with E-state index in [9.17, 15) is 13.6 Å². The van der Waals surface area contributed by atoms with Gasteiger partial charge in [0.05, 0.1) is 0 Å². The van der Waals surface area contributed by atoms with Gasteiger partial charge in [0, 0.05) is 17.6 Å². The van der Waals surface area contributed by atoms with Gasteiger partial charge in [0.15, 0.2) is 0 Å². The maximum absolute atomic E-state index is 13.7. The first-order chi connectivity index (χ1) is 7.84. The summed E-state index contributed by atoms with van der Waals surface area (Å²) in [5, 5.41) is 8.46. The zero-order valence-corrected chi connectivity index (χ0v) is 9.65. The van der Waals surface area contributed by atoms with Crippen molar-refractivity contribution >= 4 is 12.0 Å². The largest absolute Gasteiger partial charge is 0.478 e. The Morgan fingerprint density at radius 1 is 1.41 bits per heavy atom. The fourth-order valence-electron chi connectivity index (χ4n) is 1.35. The standard InChI is InChI=1S/C13H14F2O2/c1-9(2)13(14,15)11-5-3-4-10(8-11)6-7-12(16)17/h3-9H,1-2H3,(H,16,17)/b7-6+. The summed E-state index contributed by atoms with van der Waals surface area (Å²) in [5.41, 5.74) is 0.352. The summed E-state index contributed by atoms with van der Waals surface area (Å²) in [5.74, 6) is -4.82. The maximum Gasteiger partial charge on any atom is 0.328 e. The molecule has 92 valence electrons. The molecule has 1 N–H and O–H groups in total. The molecule has 0 aliphatic rings. The summed E-state index contributed by atoms with van der Waals surface area (Å²) in [4.78, 5) is 10.3. The predicted molar refractivity (Wildman–Crippen MR) is 61.8 cm³/mol. The van der Waals surface area contributed by atoms with Crippen molar-refractivity contribution in [2.45, 2.75) is 19.8 Å². The quantitative estimate of drug-likeness (QED) is 0.817. The molecule has 0 bridgehead atoms. The minimum atomic E-state index is -2.91. The minimum absolute atomic E-state index is 0.0972. The Balaban J connectivity index is 3.05. The first kappa shape index (κ1) is 13.4. The molecule has 1 aromatic carbocycles. The van der Waals surface area contributed by atoms with Crippen molar-refractivity contribution in [3.05, 3.63) is 41.5 Å². The number of aliphatic carboxylic acids is 1. The van der Waals surface area contributed by atoms with E-state index < -0.39 is 17.8 Å². The lowest BCUT2D eigenvalue weighted by Crippen LogP contribution is -2.20. The molecule has 0 amide bonds. The van der Waals surface area contributed by atoms with Crippen LogP contribution in [0.2, 0.25) is 0 Å². The molecule has 0 aliphatic carbocycles. The molecule has 0 saturated heterocycles. The average Bonchev–Trinajstić information content (AvgIpc) is 2.26. The molecule has 1 rings (SSSR count). The van der Waals surface area contributed by atoms with Gasteiger partial charge < -0.3 is 5.11 Å². The van der Waals surface area contributed by atoms with Gasteiger partial charge in [-0.2, -0.15) is 0 Å². The number of alkyl halides is 2. The molecule has 0 fully saturated rings. The Hall–Kier alpha value is -1.71. The molecule has 0 atom stereocenters. The zero-order chi connectivity index (χ0) is 13.1. The lowest BCUT2D eigenvalue weighted by atomic mass is 9.96. The lowest BCUT2D eigenvalue weighted by Gasteiger charge is -2.20. The number of rotatable bonds is 4. The van der Waals surface area contributed by atoms with E-state index in [4.69, 9.17) is 5.11 Å². The van der Waals surface area contributed by atoms with Crippen LogP contribution < -0.4 is 0 Å². The fourth-order valence-corrected chi connectivity index (χ4v) is 1.35. The number of carbonyl (C=O) groups is 1. The van der Waals surface area contributed by atoms with E-state index in [1.807, 2.05) is 0 Å². The summed E-state index contributed by atoms with van der Waals surface area (Å²) < 4.78 is 27.4. The van der Waals surface area contributed by atoms with Crippen molar-refractivity contribution in [2.24, 2.45) is 5.92 Å². The molecule has 0 unspecified atom stereocenters. The van der Waals surface area contributed by atoms with Crippen LogP contribution in [-0.2, 0) is 10.7 Å². The molecule has 0 radical (unpaired) electrons. The molecular formula is C13H14F2O2. The number of carboxylic acids is 1. The van der Waals surface area contributed by atoms with E-state index >= 15 is 0 Å². The second-order valence-corrected chi connectivity index (χ2v) is 4.07. The van der Waals surface area contributed by atoms with E-state index in [1.54, 1.807) is 6.07 Å². The fraction of sp³-hybridized carbons (Fsp3) is 0.308. The van der Waals surface area contributed by atoms with Crippen LogP contribution in [0.25, 0.3) is 6.08 Å². The van der Waals surface area contributed by atoms with Crippen LogP contribution in [0, 0.1) is 5.92 Å². The SMILES string of the molecule is CC(C)C(F)(F)c1cccc(/C=C/C(=O)O)c1. The second-order valence-electron chi connectivity index (χ2n) is 4.07. The van der Waals surface area contributed by atoms with Crippen LogP contribution in [0.3, 0.4) is 0 Å². The number of hydrogen-bond acceptors (Lipinski definition) is 1. The topological polar surface area (TPSA) is 37.3 Å². The van der Waals surface area contributed by atoms with Crippen LogP contribution in [0.4, 0.5) is 8.78 Å². The Morgan fingerprint density at radius 3 is 2.59 bits per heavy atom. The van der Waals surface area contributed by atoms with Gasteiger partial charge in [-0.15, -0.1) is 0 Å². The Labute approximate surface area is 98.6 Å². The van der Waals surface area contributed by atoms with Crippen LogP contribution >= 0.6 is 0 Å². The summed E-state index contributed by atoms with van der Waals surface area (Å²) in [6.07, 6.45) is 2.22. The predicted octanol–water partition coefficient (Wildman–Crippen LogP) is 3.53. The van der Waals surface area contributed by atoms with Gasteiger partial charge in [-0.25, -0.2) is 13.6 Å². The van der Waals surface area contributed by atoms with Gasteiger partial charge in [0.1, 0.15) is 0 Å².